The molecule has 1 aromatic rings. The van der Waals surface area contributed by atoms with Crippen LogP contribution in [0.1, 0.15) is 19.4 Å². The monoisotopic (exact) mass is 469 g/mol. The summed E-state index contributed by atoms with van der Waals surface area (Å²) in [5.41, 5.74) is -1.02. The van der Waals surface area contributed by atoms with E-state index in [2.05, 4.69) is 16.0 Å². The number of alkyl halides is 6. The van der Waals surface area contributed by atoms with Crippen molar-refractivity contribution in [3.8, 4) is 0 Å². The molecule has 0 saturated heterocycles. The van der Waals surface area contributed by atoms with Crippen LogP contribution in [-0.4, -0.2) is 21.0 Å². The Bertz CT molecular complexity index is 680. The number of hydrogen-bond acceptors (Lipinski definition) is 2. The van der Waals surface area contributed by atoms with E-state index < -0.39 is 33.5 Å². The molecule has 0 unspecified atom stereocenters. The molecule has 12 heteroatoms. The molecule has 4 nitrogen and oxygen atoms in total. The normalized spacial score (nSPS) is 13.3. The summed E-state index contributed by atoms with van der Waals surface area (Å²) in [7, 11) is 0. The summed E-state index contributed by atoms with van der Waals surface area (Å²) in [5.74, 6) is -0.820. The first-order valence-electron chi connectivity index (χ1n) is 7.03. The maximum atomic E-state index is 12.8. The van der Waals surface area contributed by atoms with Gasteiger partial charge in [-0.15, -0.1) is 0 Å². The molecule has 26 heavy (non-hydrogen) atoms. The van der Waals surface area contributed by atoms with Crippen molar-refractivity contribution in [3.05, 3.63) is 28.8 Å². The number of nitrogens with one attached hydrogen (secondary N) is 3. The lowest BCUT2D eigenvalue weighted by molar-refractivity contribution is -0.137. The highest BCUT2D eigenvalue weighted by molar-refractivity contribution is 7.80. The van der Waals surface area contributed by atoms with Crippen molar-refractivity contribution in [2.45, 2.75) is 30.0 Å². The second kappa shape index (κ2) is 9.01. The molecule has 0 aliphatic carbocycles. The Labute approximate surface area is 173 Å². The highest BCUT2D eigenvalue weighted by Gasteiger charge is 2.35. The Morgan fingerprint density at radius 1 is 1.15 bits per heavy atom. The minimum Gasteiger partial charge on any atom is -0.339 e. The Morgan fingerprint density at radius 3 is 2.19 bits per heavy atom. The van der Waals surface area contributed by atoms with Crippen LogP contribution in [0.15, 0.2) is 18.2 Å². The molecule has 146 valence electrons. The van der Waals surface area contributed by atoms with Crippen LogP contribution in [0.3, 0.4) is 0 Å². The van der Waals surface area contributed by atoms with Crippen molar-refractivity contribution in [2.75, 3.05) is 5.32 Å². The average molecular weight is 471 g/mol. The third kappa shape index (κ3) is 7.15. The van der Waals surface area contributed by atoms with E-state index in [1.165, 1.54) is 0 Å². The van der Waals surface area contributed by atoms with Gasteiger partial charge in [0.2, 0.25) is 9.70 Å². The van der Waals surface area contributed by atoms with Gasteiger partial charge >= 0.3 is 6.18 Å². The fourth-order valence-electron chi connectivity index (χ4n) is 1.60. The van der Waals surface area contributed by atoms with Gasteiger partial charge in [-0.25, -0.2) is 0 Å². The molecule has 3 N–H and O–H groups in total. The highest BCUT2D eigenvalue weighted by Crippen LogP contribution is 2.34. The second-order valence-electron chi connectivity index (χ2n) is 5.43. The van der Waals surface area contributed by atoms with Crippen molar-refractivity contribution in [1.29, 1.82) is 0 Å². The van der Waals surface area contributed by atoms with E-state index in [-0.39, 0.29) is 15.8 Å². The van der Waals surface area contributed by atoms with Crippen molar-refractivity contribution in [2.24, 2.45) is 5.92 Å². The Hall–Kier alpha value is -0.670. The number of carbonyl (C=O) groups is 1. The molecule has 0 fully saturated rings. The van der Waals surface area contributed by atoms with Gasteiger partial charge in [-0.1, -0.05) is 60.3 Å². The number of anilines is 1. The van der Waals surface area contributed by atoms with Gasteiger partial charge in [0, 0.05) is 5.92 Å². The van der Waals surface area contributed by atoms with Crippen LogP contribution in [0.25, 0.3) is 0 Å². The average Bonchev–Trinajstić information content (AvgIpc) is 2.46. The van der Waals surface area contributed by atoms with Gasteiger partial charge in [-0.2, -0.15) is 13.2 Å². The fourth-order valence-corrected chi connectivity index (χ4v) is 2.32. The molecule has 1 amide bonds. The second-order valence-corrected chi connectivity index (χ2v) is 8.61. The minimum absolute atomic E-state index is 0.00111. The standard InChI is InChI=1S/C14H14Cl4F3N3OS/c1-6(2)10(25)23-11(13(16,17)18)24-12(26)22-9-5-7(14(19,20)21)3-4-8(9)15/h3-6,11H,1-2H3,(H,23,25)(H2,22,24,26)/t11-/m1/s1. The summed E-state index contributed by atoms with van der Waals surface area (Å²) in [4.78, 5) is 11.8. The Kier molecular flexibility index (Phi) is 8.10. The molecule has 1 aromatic carbocycles. The van der Waals surface area contributed by atoms with E-state index in [0.717, 1.165) is 18.2 Å². The number of halogens is 7. The van der Waals surface area contributed by atoms with Crippen molar-refractivity contribution < 1.29 is 18.0 Å². The zero-order valence-electron chi connectivity index (χ0n) is 13.3. The van der Waals surface area contributed by atoms with Gasteiger partial charge in [0.1, 0.15) is 6.17 Å². The van der Waals surface area contributed by atoms with Gasteiger partial charge in [-0.3, -0.25) is 4.79 Å². The van der Waals surface area contributed by atoms with Crippen LogP contribution in [-0.2, 0) is 11.0 Å². The summed E-state index contributed by atoms with van der Waals surface area (Å²) in [6.45, 7) is 3.26. The molecule has 1 atom stereocenters. The molecule has 0 saturated carbocycles. The molecular weight excluding hydrogens is 457 g/mol. The third-order valence-corrected chi connectivity index (χ3v) is 4.16. The number of rotatable bonds is 4. The van der Waals surface area contributed by atoms with Crippen LogP contribution < -0.4 is 16.0 Å². The van der Waals surface area contributed by atoms with E-state index >= 15 is 0 Å². The summed E-state index contributed by atoms with van der Waals surface area (Å²) in [6.07, 6.45) is -5.78. The van der Waals surface area contributed by atoms with Gasteiger partial charge in [-0.05, 0) is 30.4 Å². The number of carbonyl (C=O) groups excluding carboxylic acids is 1. The zero-order valence-corrected chi connectivity index (χ0v) is 17.2. The van der Waals surface area contributed by atoms with Crippen molar-refractivity contribution in [3.63, 3.8) is 0 Å². The van der Waals surface area contributed by atoms with E-state index in [1.54, 1.807) is 13.8 Å². The van der Waals surface area contributed by atoms with E-state index in [1.807, 2.05) is 0 Å². The molecular formula is C14H14Cl4F3N3OS. The zero-order chi connectivity index (χ0) is 20.3. The van der Waals surface area contributed by atoms with Gasteiger partial charge in [0.15, 0.2) is 5.11 Å². The lowest BCUT2D eigenvalue weighted by Crippen LogP contribution is -2.56. The molecule has 1 rings (SSSR count). The predicted octanol–water partition coefficient (Wildman–Crippen LogP) is 5.11. The SMILES string of the molecule is CC(C)C(=O)N[C@H](NC(=S)Nc1cc(C(F)(F)F)ccc1Cl)C(Cl)(Cl)Cl. The summed E-state index contributed by atoms with van der Waals surface area (Å²) in [5, 5.41) is 7.25. The van der Waals surface area contributed by atoms with E-state index in [4.69, 9.17) is 58.6 Å². The van der Waals surface area contributed by atoms with Crippen LogP contribution >= 0.6 is 58.6 Å². The van der Waals surface area contributed by atoms with E-state index in [0.29, 0.717) is 0 Å². The molecule has 0 heterocycles. The van der Waals surface area contributed by atoms with Crippen molar-refractivity contribution >= 4 is 75.3 Å². The Morgan fingerprint density at radius 2 is 1.73 bits per heavy atom. The van der Waals surface area contributed by atoms with Gasteiger partial charge < -0.3 is 16.0 Å². The molecule has 0 aromatic heterocycles. The summed E-state index contributed by atoms with van der Waals surface area (Å²) in [6, 6.07) is 2.69. The van der Waals surface area contributed by atoms with Crippen LogP contribution in [0.2, 0.25) is 5.02 Å². The maximum Gasteiger partial charge on any atom is 0.416 e. The maximum absolute atomic E-state index is 12.8. The molecule has 0 radical (unpaired) electrons. The van der Waals surface area contributed by atoms with Crippen molar-refractivity contribution in [1.82, 2.24) is 10.6 Å². The van der Waals surface area contributed by atoms with Crippen LogP contribution in [0.4, 0.5) is 18.9 Å². The minimum atomic E-state index is -4.55. The summed E-state index contributed by atoms with van der Waals surface area (Å²) >= 11 is 28.3. The first kappa shape index (κ1) is 23.4. The smallest absolute Gasteiger partial charge is 0.339 e. The van der Waals surface area contributed by atoms with Crippen LogP contribution in [0, 0.1) is 5.92 Å². The highest BCUT2D eigenvalue weighted by atomic mass is 35.6. The first-order valence-corrected chi connectivity index (χ1v) is 8.95. The van der Waals surface area contributed by atoms with E-state index in [9.17, 15) is 18.0 Å². The lowest BCUT2D eigenvalue weighted by Gasteiger charge is -2.28. The summed E-state index contributed by atoms with van der Waals surface area (Å²) < 4.78 is 36.4. The largest absolute Gasteiger partial charge is 0.416 e. The topological polar surface area (TPSA) is 53.2 Å². The molecule has 0 bridgehead atoms. The molecule has 0 spiro atoms. The first-order chi connectivity index (χ1) is 11.7. The Balaban J connectivity index is 2.94. The van der Waals surface area contributed by atoms with Crippen LogP contribution in [0.5, 0.6) is 0 Å². The van der Waals surface area contributed by atoms with Gasteiger partial charge in [0.05, 0.1) is 16.3 Å². The third-order valence-electron chi connectivity index (χ3n) is 2.96. The molecule has 0 aliphatic heterocycles. The number of thiocarbonyl (C=S) groups is 1. The van der Waals surface area contributed by atoms with Gasteiger partial charge in [0.25, 0.3) is 0 Å². The predicted molar refractivity (Wildman–Crippen MR) is 103 cm³/mol. The fraction of sp³-hybridized carbons (Fsp3) is 0.429. The number of hydrogen-bond donors (Lipinski definition) is 3. The number of benzene rings is 1. The molecule has 0 aliphatic rings. The lowest BCUT2D eigenvalue weighted by atomic mass is 10.2. The number of amides is 1. The quantitative estimate of drug-likeness (QED) is 0.325.